The van der Waals surface area contributed by atoms with Gasteiger partial charge in [0.25, 0.3) is 0 Å². The number of thioether (sulfide) groups is 1. The highest BCUT2D eigenvalue weighted by atomic mass is 32.2. The van der Waals surface area contributed by atoms with Crippen LogP contribution >= 0.6 is 11.8 Å². The molecule has 1 aromatic rings. The van der Waals surface area contributed by atoms with Gasteiger partial charge in [0.15, 0.2) is 11.5 Å². The molecule has 16 heavy (non-hydrogen) atoms. The minimum atomic E-state index is -0.0443. The zero-order valence-electron chi connectivity index (χ0n) is 9.94. The molecule has 1 unspecified atom stereocenters. The van der Waals surface area contributed by atoms with Crippen molar-refractivity contribution in [2.45, 2.75) is 38.4 Å². The molecule has 0 saturated heterocycles. The van der Waals surface area contributed by atoms with Crippen molar-refractivity contribution in [2.75, 3.05) is 5.75 Å². The van der Waals surface area contributed by atoms with Crippen molar-refractivity contribution in [1.82, 2.24) is 0 Å². The minimum Gasteiger partial charge on any atom is -0.504 e. The van der Waals surface area contributed by atoms with Gasteiger partial charge in [-0.25, -0.2) is 0 Å². The lowest BCUT2D eigenvalue weighted by atomic mass is 10.1. The Morgan fingerprint density at radius 3 is 2.50 bits per heavy atom. The Kier molecular flexibility index (Phi) is 5.53. The maximum absolute atomic E-state index is 9.46. The van der Waals surface area contributed by atoms with Gasteiger partial charge in [0.2, 0.25) is 0 Å². The van der Waals surface area contributed by atoms with Gasteiger partial charge < -0.3 is 10.2 Å². The van der Waals surface area contributed by atoms with Gasteiger partial charge in [-0.05, 0) is 36.3 Å². The molecule has 3 heteroatoms. The normalized spacial score (nSPS) is 12.6. The van der Waals surface area contributed by atoms with Crippen LogP contribution in [0.5, 0.6) is 11.5 Å². The third-order valence-electron chi connectivity index (χ3n) is 2.56. The first-order chi connectivity index (χ1) is 7.69. The summed E-state index contributed by atoms with van der Waals surface area (Å²) >= 11 is 1.92. The second-order valence-corrected chi connectivity index (χ2v) is 5.18. The molecule has 0 spiro atoms. The first kappa shape index (κ1) is 13.2. The minimum absolute atomic E-state index is 0.0213. The van der Waals surface area contributed by atoms with Gasteiger partial charge in [0.05, 0.1) is 0 Å². The first-order valence-corrected chi connectivity index (χ1v) is 6.87. The van der Waals surface area contributed by atoms with E-state index in [2.05, 4.69) is 13.8 Å². The molecule has 0 radical (unpaired) electrons. The van der Waals surface area contributed by atoms with E-state index in [1.54, 1.807) is 12.1 Å². The maximum atomic E-state index is 9.46. The van der Waals surface area contributed by atoms with E-state index in [1.807, 2.05) is 17.8 Å². The van der Waals surface area contributed by atoms with E-state index in [0.29, 0.717) is 5.25 Å². The number of hydrogen-bond donors (Lipinski definition) is 2. The van der Waals surface area contributed by atoms with Crippen LogP contribution in [0.2, 0.25) is 0 Å². The standard InChI is InChI=1S/C13H20O2S/c1-3-5-8-16-13(4-2)10-6-7-11(14)12(15)9-10/h6-7,9,13-15H,3-5,8H2,1-2H3. The molecular formula is C13H20O2S. The number of unbranched alkanes of at least 4 members (excludes halogenated alkanes) is 1. The van der Waals surface area contributed by atoms with Crippen LogP contribution in [0.3, 0.4) is 0 Å². The van der Waals surface area contributed by atoms with E-state index in [0.717, 1.165) is 17.7 Å². The fourth-order valence-electron chi connectivity index (χ4n) is 1.56. The van der Waals surface area contributed by atoms with Gasteiger partial charge in [-0.15, -0.1) is 0 Å². The third-order valence-corrected chi connectivity index (χ3v) is 4.09. The Bertz CT molecular complexity index is 326. The Morgan fingerprint density at radius 2 is 1.94 bits per heavy atom. The molecule has 1 atom stereocenters. The lowest BCUT2D eigenvalue weighted by molar-refractivity contribution is 0.403. The summed E-state index contributed by atoms with van der Waals surface area (Å²) in [5, 5.41) is 19.1. The molecule has 0 aliphatic rings. The van der Waals surface area contributed by atoms with E-state index < -0.39 is 0 Å². The molecular weight excluding hydrogens is 220 g/mol. The molecule has 0 aromatic heterocycles. The second kappa shape index (κ2) is 6.69. The zero-order valence-corrected chi connectivity index (χ0v) is 10.8. The quantitative estimate of drug-likeness (QED) is 0.581. The van der Waals surface area contributed by atoms with Crippen LogP contribution in [-0.4, -0.2) is 16.0 Å². The number of phenols is 2. The molecule has 0 aliphatic heterocycles. The molecule has 0 aliphatic carbocycles. The zero-order chi connectivity index (χ0) is 12.0. The van der Waals surface area contributed by atoms with E-state index in [4.69, 9.17) is 0 Å². The summed E-state index contributed by atoms with van der Waals surface area (Å²) in [7, 11) is 0. The van der Waals surface area contributed by atoms with Gasteiger partial charge in [-0.1, -0.05) is 26.3 Å². The average molecular weight is 240 g/mol. The van der Waals surface area contributed by atoms with Gasteiger partial charge in [-0.3, -0.25) is 0 Å². The molecule has 0 amide bonds. The highest BCUT2D eigenvalue weighted by Crippen LogP contribution is 2.36. The van der Waals surface area contributed by atoms with Crippen LogP contribution in [0, 0.1) is 0 Å². The smallest absolute Gasteiger partial charge is 0.157 e. The molecule has 1 aromatic carbocycles. The van der Waals surface area contributed by atoms with Gasteiger partial charge in [-0.2, -0.15) is 11.8 Å². The monoisotopic (exact) mass is 240 g/mol. The number of phenolic OH excluding ortho intramolecular Hbond substituents is 2. The summed E-state index contributed by atoms with van der Waals surface area (Å²) in [5.41, 5.74) is 1.10. The highest BCUT2D eigenvalue weighted by Gasteiger charge is 2.11. The van der Waals surface area contributed by atoms with Crippen molar-refractivity contribution in [2.24, 2.45) is 0 Å². The summed E-state index contributed by atoms with van der Waals surface area (Å²) in [4.78, 5) is 0. The highest BCUT2D eigenvalue weighted by molar-refractivity contribution is 7.99. The van der Waals surface area contributed by atoms with Gasteiger partial charge in [0, 0.05) is 5.25 Å². The van der Waals surface area contributed by atoms with Gasteiger partial charge >= 0.3 is 0 Å². The van der Waals surface area contributed by atoms with Gasteiger partial charge in [0.1, 0.15) is 0 Å². The predicted molar refractivity (Wildman–Crippen MR) is 70.2 cm³/mol. The lowest BCUT2D eigenvalue weighted by Gasteiger charge is -2.15. The van der Waals surface area contributed by atoms with Crippen molar-refractivity contribution in [3.63, 3.8) is 0 Å². The van der Waals surface area contributed by atoms with Crippen molar-refractivity contribution in [1.29, 1.82) is 0 Å². The van der Waals surface area contributed by atoms with E-state index in [-0.39, 0.29) is 11.5 Å². The predicted octanol–water partition coefficient (Wildman–Crippen LogP) is 4.08. The average Bonchev–Trinajstić information content (AvgIpc) is 2.29. The summed E-state index contributed by atoms with van der Waals surface area (Å²) in [6.07, 6.45) is 3.48. The van der Waals surface area contributed by atoms with Crippen molar-refractivity contribution in [3.8, 4) is 11.5 Å². The van der Waals surface area contributed by atoms with Crippen LogP contribution in [-0.2, 0) is 0 Å². The summed E-state index contributed by atoms with van der Waals surface area (Å²) in [6.45, 7) is 4.33. The summed E-state index contributed by atoms with van der Waals surface area (Å²) in [6, 6.07) is 5.12. The lowest BCUT2D eigenvalue weighted by Crippen LogP contribution is -1.94. The Morgan fingerprint density at radius 1 is 1.19 bits per heavy atom. The van der Waals surface area contributed by atoms with Crippen molar-refractivity contribution in [3.05, 3.63) is 23.8 Å². The van der Waals surface area contributed by atoms with Crippen LogP contribution < -0.4 is 0 Å². The second-order valence-electron chi connectivity index (χ2n) is 3.87. The fraction of sp³-hybridized carbons (Fsp3) is 0.538. The van der Waals surface area contributed by atoms with Crippen LogP contribution in [0.1, 0.15) is 43.9 Å². The first-order valence-electron chi connectivity index (χ1n) is 5.82. The maximum Gasteiger partial charge on any atom is 0.157 e. The molecule has 2 nitrogen and oxygen atoms in total. The van der Waals surface area contributed by atoms with Crippen molar-refractivity contribution >= 4 is 11.8 Å². The fourth-order valence-corrected chi connectivity index (χ4v) is 2.88. The molecule has 0 saturated carbocycles. The summed E-state index contributed by atoms with van der Waals surface area (Å²) in [5.74, 6) is 1.08. The number of aromatic hydroxyl groups is 2. The van der Waals surface area contributed by atoms with Crippen LogP contribution in [0.15, 0.2) is 18.2 Å². The largest absolute Gasteiger partial charge is 0.504 e. The summed E-state index contributed by atoms with van der Waals surface area (Å²) < 4.78 is 0. The molecule has 0 fully saturated rings. The van der Waals surface area contributed by atoms with E-state index in [1.165, 1.54) is 12.8 Å². The number of benzene rings is 1. The number of rotatable bonds is 6. The molecule has 0 heterocycles. The molecule has 1 rings (SSSR count). The van der Waals surface area contributed by atoms with Crippen LogP contribution in [0.4, 0.5) is 0 Å². The Labute approximate surface area is 102 Å². The Hall–Kier alpha value is -0.830. The number of hydrogen-bond acceptors (Lipinski definition) is 3. The molecule has 2 N–H and O–H groups in total. The van der Waals surface area contributed by atoms with Crippen LogP contribution in [0.25, 0.3) is 0 Å². The van der Waals surface area contributed by atoms with E-state index in [9.17, 15) is 10.2 Å². The third kappa shape index (κ3) is 3.63. The van der Waals surface area contributed by atoms with E-state index >= 15 is 0 Å². The molecule has 0 bridgehead atoms. The topological polar surface area (TPSA) is 40.5 Å². The van der Waals surface area contributed by atoms with Crippen molar-refractivity contribution < 1.29 is 10.2 Å². The SMILES string of the molecule is CCCCSC(CC)c1ccc(O)c(O)c1. The molecule has 90 valence electrons. The Balaban J connectivity index is 2.67.